The van der Waals surface area contributed by atoms with Crippen LogP contribution in [-0.4, -0.2) is 32.5 Å². The van der Waals surface area contributed by atoms with Crippen LogP contribution in [0.4, 0.5) is 0 Å². The number of carboxylic acids is 1. The first kappa shape index (κ1) is 39.4. The molecule has 7 rings (SSSR count). The van der Waals surface area contributed by atoms with Crippen LogP contribution in [0.1, 0.15) is 144 Å². The predicted octanol–water partition coefficient (Wildman–Crippen LogP) is 10.4. The number of carboxylic acid groups (broad SMARTS) is 1. The summed E-state index contributed by atoms with van der Waals surface area (Å²) in [5.41, 5.74) is 4.58. The number of rotatable bonds is 8. The standard InChI is InChI=1S/C46H65ClN2O5/c1-28(2)31-17-22-46(35-25-37(50)49(48(35)10)27-29-11-13-30(47)14-12-29)24-23-44(8)32(39(31)46)15-16-34-43(7)20-19-36(54-38(51)26-41(3,4)40(52)53)42(5,6)33(43)18-21-45(34,44)9/h11-14,25,28,32-34,36H,15-24,26-27H2,1-10H3,(H,52,53)/t32-,33+,34-,36+,43+,44-,45-,46-/m1/s1. The third-order valence-electron chi connectivity index (χ3n) is 17.0. The fourth-order valence-electron chi connectivity index (χ4n) is 13.8. The van der Waals surface area contributed by atoms with Gasteiger partial charge in [-0.25, -0.2) is 4.68 Å². The SMILES string of the molecule is CC(C)C1=C2[C@H]3CC[C@@H]4[C@@]5(C)CC[C@H](OC(=O)CC(C)(C)C(=O)O)C(C)(C)[C@@H]5CC[C@@]4(C)[C@]3(C)CC[C@@]2(c2cc(=O)n(Cc3ccc(Cl)cc3)n2C)CC1. The average Bonchev–Trinajstić information content (AvgIpc) is 3.61. The number of aliphatic carboxylic acids is 1. The van der Waals surface area contributed by atoms with E-state index in [0.717, 1.165) is 56.9 Å². The van der Waals surface area contributed by atoms with E-state index >= 15 is 0 Å². The van der Waals surface area contributed by atoms with E-state index in [0.29, 0.717) is 35.2 Å². The quantitative estimate of drug-likeness (QED) is 0.214. The molecule has 1 aromatic carbocycles. The highest BCUT2D eigenvalue weighted by molar-refractivity contribution is 6.30. The maximum Gasteiger partial charge on any atom is 0.309 e. The summed E-state index contributed by atoms with van der Waals surface area (Å²) in [6.07, 6.45) is 10.6. The first-order chi connectivity index (χ1) is 25.1. The number of nitrogens with zero attached hydrogens (tertiary/aromatic N) is 2. The lowest BCUT2D eigenvalue weighted by molar-refractivity contribution is -0.232. The molecular weight excluding hydrogens is 696 g/mol. The molecule has 0 bridgehead atoms. The van der Waals surface area contributed by atoms with Crippen molar-refractivity contribution in [3.8, 4) is 0 Å². The molecule has 1 heterocycles. The minimum absolute atomic E-state index is 0.0684. The Kier molecular flexibility index (Phi) is 9.59. The molecular formula is C46H65ClN2O5. The van der Waals surface area contributed by atoms with Crippen molar-refractivity contribution < 1.29 is 19.4 Å². The van der Waals surface area contributed by atoms with Crippen molar-refractivity contribution in [3.05, 3.63) is 68.1 Å². The lowest BCUT2D eigenvalue weighted by Gasteiger charge is -2.72. The van der Waals surface area contributed by atoms with Crippen LogP contribution in [0.3, 0.4) is 0 Å². The van der Waals surface area contributed by atoms with Gasteiger partial charge in [0.05, 0.1) is 24.1 Å². The number of aromatic nitrogens is 2. The maximum absolute atomic E-state index is 13.8. The molecule has 0 aliphatic heterocycles. The Labute approximate surface area is 328 Å². The van der Waals surface area contributed by atoms with Crippen molar-refractivity contribution in [1.29, 1.82) is 0 Å². The summed E-state index contributed by atoms with van der Waals surface area (Å²) in [5, 5.41) is 10.3. The molecule has 4 saturated carbocycles. The van der Waals surface area contributed by atoms with Gasteiger partial charge in [0.2, 0.25) is 0 Å². The first-order valence-electron chi connectivity index (χ1n) is 20.8. The molecule has 5 aliphatic carbocycles. The van der Waals surface area contributed by atoms with Crippen molar-refractivity contribution in [2.75, 3.05) is 0 Å². The number of benzene rings is 1. The largest absolute Gasteiger partial charge is 0.481 e. The van der Waals surface area contributed by atoms with Crippen LogP contribution < -0.4 is 5.56 Å². The molecule has 0 saturated heterocycles. The van der Waals surface area contributed by atoms with Crippen molar-refractivity contribution in [3.63, 3.8) is 0 Å². The van der Waals surface area contributed by atoms with Crippen LogP contribution in [-0.2, 0) is 33.3 Å². The molecule has 8 heteroatoms. The van der Waals surface area contributed by atoms with Gasteiger partial charge in [0, 0.05) is 29.0 Å². The second-order valence-electron chi connectivity index (χ2n) is 20.6. The predicted molar refractivity (Wildman–Crippen MR) is 214 cm³/mol. The van der Waals surface area contributed by atoms with E-state index in [1.807, 2.05) is 35.0 Å². The van der Waals surface area contributed by atoms with Gasteiger partial charge in [-0.3, -0.25) is 19.1 Å². The average molecular weight is 761 g/mol. The number of esters is 1. The number of carbonyl (C=O) groups excluding carboxylic acids is 1. The fourth-order valence-corrected chi connectivity index (χ4v) is 14.0. The molecule has 7 nitrogen and oxygen atoms in total. The zero-order chi connectivity index (χ0) is 39.4. The van der Waals surface area contributed by atoms with E-state index in [4.69, 9.17) is 16.3 Å². The van der Waals surface area contributed by atoms with Crippen LogP contribution >= 0.6 is 11.6 Å². The van der Waals surface area contributed by atoms with E-state index < -0.39 is 17.4 Å². The Bertz CT molecular complexity index is 1920. The summed E-state index contributed by atoms with van der Waals surface area (Å²) >= 11 is 6.19. The number of carbonyl (C=O) groups is 2. The normalized spacial score (nSPS) is 35.9. The number of hydrogen-bond donors (Lipinski definition) is 1. The summed E-state index contributed by atoms with van der Waals surface area (Å²) in [7, 11) is 2.10. The molecule has 0 spiro atoms. The lowest BCUT2D eigenvalue weighted by Crippen LogP contribution is -2.66. The third kappa shape index (κ3) is 5.73. The summed E-state index contributed by atoms with van der Waals surface area (Å²) in [4.78, 5) is 38.7. The zero-order valence-corrected chi connectivity index (χ0v) is 35.4. The number of fused-ring (bicyclic) bond motifs is 7. The monoisotopic (exact) mass is 760 g/mol. The van der Waals surface area contributed by atoms with Crippen LogP contribution in [0.15, 0.2) is 46.3 Å². The van der Waals surface area contributed by atoms with Crippen LogP contribution in [0.5, 0.6) is 0 Å². The summed E-state index contributed by atoms with van der Waals surface area (Å²) in [6, 6.07) is 9.80. The van der Waals surface area contributed by atoms with Gasteiger partial charge in [-0.1, -0.05) is 83.3 Å². The summed E-state index contributed by atoms with van der Waals surface area (Å²) in [5.74, 6) is 0.551. The molecule has 1 N–H and O–H groups in total. The molecule has 1 aromatic heterocycles. The topological polar surface area (TPSA) is 90.5 Å². The highest BCUT2D eigenvalue weighted by Gasteiger charge is 2.70. The number of hydrogen-bond acceptors (Lipinski definition) is 4. The second-order valence-corrected chi connectivity index (χ2v) is 21.0. The summed E-state index contributed by atoms with van der Waals surface area (Å²) < 4.78 is 10.3. The van der Waals surface area contributed by atoms with E-state index in [1.165, 1.54) is 18.5 Å². The number of halogens is 1. The number of allylic oxidation sites excluding steroid dienone is 2. The molecule has 5 aliphatic rings. The smallest absolute Gasteiger partial charge is 0.309 e. The van der Waals surface area contributed by atoms with E-state index in [9.17, 15) is 19.5 Å². The van der Waals surface area contributed by atoms with Gasteiger partial charge in [0.25, 0.3) is 5.56 Å². The van der Waals surface area contributed by atoms with E-state index in [2.05, 4.69) is 60.2 Å². The van der Waals surface area contributed by atoms with Gasteiger partial charge < -0.3 is 9.84 Å². The second kappa shape index (κ2) is 13.1. The minimum Gasteiger partial charge on any atom is -0.481 e. The Morgan fingerprint density at radius 3 is 2.26 bits per heavy atom. The van der Waals surface area contributed by atoms with Crippen LogP contribution in [0, 0.1) is 50.7 Å². The van der Waals surface area contributed by atoms with Gasteiger partial charge >= 0.3 is 11.9 Å². The zero-order valence-electron chi connectivity index (χ0n) is 34.6. The van der Waals surface area contributed by atoms with Gasteiger partial charge in [-0.05, 0) is 136 Å². The highest BCUT2D eigenvalue weighted by atomic mass is 35.5. The van der Waals surface area contributed by atoms with E-state index in [-0.39, 0.29) is 45.2 Å². The molecule has 0 unspecified atom stereocenters. The first-order valence-corrected chi connectivity index (χ1v) is 21.2. The maximum atomic E-state index is 13.8. The van der Waals surface area contributed by atoms with Crippen molar-refractivity contribution in [2.24, 2.45) is 57.8 Å². The van der Waals surface area contributed by atoms with Crippen molar-refractivity contribution in [2.45, 2.75) is 151 Å². The molecule has 0 amide bonds. The molecule has 8 atom stereocenters. The third-order valence-corrected chi connectivity index (χ3v) is 17.3. The van der Waals surface area contributed by atoms with Crippen LogP contribution in [0.2, 0.25) is 5.02 Å². The summed E-state index contributed by atoms with van der Waals surface area (Å²) in [6.45, 7) is 21.0. The Morgan fingerprint density at radius 1 is 0.926 bits per heavy atom. The van der Waals surface area contributed by atoms with Crippen molar-refractivity contribution in [1.82, 2.24) is 9.36 Å². The molecule has 4 fully saturated rings. The van der Waals surface area contributed by atoms with Gasteiger partial charge in [-0.2, -0.15) is 0 Å². The molecule has 2 aromatic rings. The highest BCUT2D eigenvalue weighted by Crippen LogP contribution is 2.77. The van der Waals surface area contributed by atoms with Gasteiger partial charge in [0.15, 0.2) is 0 Å². The van der Waals surface area contributed by atoms with Crippen molar-refractivity contribution >= 4 is 23.5 Å². The molecule has 54 heavy (non-hydrogen) atoms. The van der Waals surface area contributed by atoms with Gasteiger partial charge in [-0.15, -0.1) is 0 Å². The Balaban J connectivity index is 1.20. The minimum atomic E-state index is -1.15. The Hall–Kier alpha value is -2.80. The lowest BCUT2D eigenvalue weighted by atomic mass is 9.33. The Morgan fingerprint density at radius 2 is 1.61 bits per heavy atom. The van der Waals surface area contributed by atoms with Gasteiger partial charge in [0.1, 0.15) is 6.10 Å². The molecule has 296 valence electrons. The van der Waals surface area contributed by atoms with E-state index in [1.54, 1.807) is 25.0 Å². The van der Waals surface area contributed by atoms with Crippen LogP contribution in [0.25, 0.3) is 0 Å². The fraction of sp³-hybridized carbons (Fsp3) is 0.717. The molecule has 0 radical (unpaired) electrons. The number of ether oxygens (including phenoxy) is 1.